The van der Waals surface area contributed by atoms with Crippen molar-refractivity contribution in [3.05, 3.63) is 28.8 Å². The van der Waals surface area contributed by atoms with Crippen LogP contribution in [-0.4, -0.2) is 20.0 Å². The summed E-state index contributed by atoms with van der Waals surface area (Å²) in [5.74, 6) is 0.734. The van der Waals surface area contributed by atoms with Crippen molar-refractivity contribution in [3.63, 3.8) is 0 Å². The van der Waals surface area contributed by atoms with E-state index in [9.17, 15) is 0 Å². The van der Waals surface area contributed by atoms with Crippen molar-refractivity contribution in [2.24, 2.45) is 0 Å². The minimum Gasteiger partial charge on any atom is -0.497 e. The molecular weight excluding hydrogens is 240 g/mol. The van der Waals surface area contributed by atoms with Crippen LogP contribution in [0, 0.1) is 6.07 Å². The molecule has 1 heterocycles. The molecule has 0 bridgehead atoms. The van der Waals surface area contributed by atoms with Crippen LogP contribution in [0.15, 0.2) is 12.1 Å². The quantitative estimate of drug-likeness (QED) is 0.827. The lowest BCUT2D eigenvalue weighted by Crippen LogP contribution is -2.22. The number of hydrogen-bond acceptors (Lipinski definition) is 3. The van der Waals surface area contributed by atoms with Crippen molar-refractivity contribution < 1.29 is 14.2 Å². The summed E-state index contributed by atoms with van der Waals surface area (Å²) in [4.78, 5) is 0. The van der Waals surface area contributed by atoms with Crippen LogP contribution in [0.5, 0.6) is 5.75 Å². The van der Waals surface area contributed by atoms with E-state index in [2.05, 4.69) is 6.07 Å². The molecule has 17 heavy (non-hydrogen) atoms. The van der Waals surface area contributed by atoms with Crippen LogP contribution < -0.4 is 4.74 Å². The predicted octanol–water partition coefficient (Wildman–Crippen LogP) is 3.19. The lowest BCUT2D eigenvalue weighted by Gasteiger charge is -2.22. The minimum absolute atomic E-state index is 0.106. The molecule has 4 heteroatoms. The fraction of sp³-hybridized carbons (Fsp3) is 0.538. The molecular formula is C13H16ClO3. The fourth-order valence-corrected chi connectivity index (χ4v) is 1.92. The topological polar surface area (TPSA) is 27.7 Å². The molecule has 0 aliphatic carbocycles. The van der Waals surface area contributed by atoms with E-state index in [1.165, 1.54) is 0 Å². The number of ether oxygens (including phenoxy) is 3. The van der Waals surface area contributed by atoms with E-state index in [1.807, 2.05) is 6.07 Å². The number of halogens is 1. The fourth-order valence-electron chi connectivity index (χ4n) is 1.75. The highest BCUT2D eigenvalue weighted by Crippen LogP contribution is 2.23. The molecule has 3 nitrogen and oxygen atoms in total. The lowest BCUT2D eigenvalue weighted by molar-refractivity contribution is -0.168. The van der Waals surface area contributed by atoms with Crippen molar-refractivity contribution in [1.29, 1.82) is 0 Å². The maximum atomic E-state index is 6.04. The first-order valence-electron chi connectivity index (χ1n) is 5.77. The van der Waals surface area contributed by atoms with Crippen molar-refractivity contribution in [3.8, 4) is 5.75 Å². The molecule has 0 N–H and O–H groups in total. The highest BCUT2D eigenvalue weighted by Gasteiger charge is 2.14. The molecule has 1 unspecified atom stereocenters. The van der Waals surface area contributed by atoms with E-state index in [1.54, 1.807) is 13.2 Å². The minimum atomic E-state index is -0.106. The van der Waals surface area contributed by atoms with Gasteiger partial charge in [0.25, 0.3) is 0 Å². The van der Waals surface area contributed by atoms with Crippen LogP contribution in [0.2, 0.25) is 5.02 Å². The molecule has 0 aromatic heterocycles. The van der Waals surface area contributed by atoms with Crippen LogP contribution >= 0.6 is 11.6 Å². The average molecular weight is 256 g/mol. The monoisotopic (exact) mass is 255 g/mol. The van der Waals surface area contributed by atoms with Crippen molar-refractivity contribution in [2.45, 2.75) is 32.2 Å². The highest BCUT2D eigenvalue weighted by molar-refractivity contribution is 6.31. The summed E-state index contributed by atoms with van der Waals surface area (Å²) >= 11 is 6.04. The Hall–Kier alpha value is -0.770. The Bertz CT molecular complexity index is 362. The summed E-state index contributed by atoms with van der Waals surface area (Å²) in [5.41, 5.74) is 0.875. The first kappa shape index (κ1) is 12.7. The first-order valence-corrected chi connectivity index (χ1v) is 6.14. The summed E-state index contributed by atoms with van der Waals surface area (Å²) in [6.45, 7) is 1.21. The van der Waals surface area contributed by atoms with E-state index < -0.39 is 0 Å². The second kappa shape index (κ2) is 6.24. The number of rotatable bonds is 4. The van der Waals surface area contributed by atoms with Gasteiger partial charge in [0.05, 0.1) is 18.7 Å². The van der Waals surface area contributed by atoms with Crippen LogP contribution in [0.25, 0.3) is 0 Å². The van der Waals surface area contributed by atoms with Crippen LogP contribution in [-0.2, 0) is 16.1 Å². The molecule has 93 valence electrons. The average Bonchev–Trinajstić information content (AvgIpc) is 2.39. The van der Waals surface area contributed by atoms with Gasteiger partial charge in [-0.1, -0.05) is 11.6 Å². The normalized spacial score (nSPS) is 20.2. The second-order valence-electron chi connectivity index (χ2n) is 3.99. The van der Waals surface area contributed by atoms with Gasteiger partial charge in [0, 0.05) is 18.2 Å². The summed E-state index contributed by atoms with van der Waals surface area (Å²) in [5, 5.41) is 0.571. The van der Waals surface area contributed by atoms with Gasteiger partial charge in [0.2, 0.25) is 0 Å². The Kier molecular flexibility index (Phi) is 4.66. The molecule has 0 amide bonds. The maximum Gasteiger partial charge on any atom is 0.158 e. The van der Waals surface area contributed by atoms with Gasteiger partial charge in [-0.15, -0.1) is 0 Å². The summed E-state index contributed by atoms with van der Waals surface area (Å²) < 4.78 is 16.3. The molecule has 0 spiro atoms. The summed E-state index contributed by atoms with van der Waals surface area (Å²) in [6, 6.07) is 6.50. The Morgan fingerprint density at radius 2 is 2.41 bits per heavy atom. The van der Waals surface area contributed by atoms with Gasteiger partial charge >= 0.3 is 0 Å². The molecule has 2 rings (SSSR count). The standard InChI is InChI=1S/C13H16ClO3/c1-15-11-5-6-12(14)10(8-11)9-17-13-4-2-3-7-16-13/h5,8,13H,2-4,7,9H2,1H3. The third kappa shape index (κ3) is 3.60. The SMILES string of the molecule is COc1c[c]c(Cl)c(COC2CCCCO2)c1. The Morgan fingerprint density at radius 3 is 3.12 bits per heavy atom. The van der Waals surface area contributed by atoms with Gasteiger partial charge in [-0.2, -0.15) is 0 Å². The molecule has 1 aliphatic heterocycles. The van der Waals surface area contributed by atoms with Crippen LogP contribution in [0.3, 0.4) is 0 Å². The van der Waals surface area contributed by atoms with Gasteiger partial charge in [-0.05, 0) is 31.4 Å². The van der Waals surface area contributed by atoms with E-state index in [4.69, 9.17) is 25.8 Å². The molecule has 1 aromatic rings. The summed E-state index contributed by atoms with van der Waals surface area (Å²) in [6.07, 6.45) is 3.12. The Morgan fingerprint density at radius 1 is 1.53 bits per heavy atom. The van der Waals surface area contributed by atoms with Gasteiger partial charge in [-0.25, -0.2) is 0 Å². The lowest BCUT2D eigenvalue weighted by atomic mass is 10.2. The van der Waals surface area contributed by atoms with Gasteiger partial charge < -0.3 is 14.2 Å². The van der Waals surface area contributed by atoms with Crippen molar-refractivity contribution in [1.82, 2.24) is 0 Å². The zero-order valence-electron chi connectivity index (χ0n) is 9.87. The predicted molar refractivity (Wildman–Crippen MR) is 65.2 cm³/mol. The maximum absolute atomic E-state index is 6.04. The van der Waals surface area contributed by atoms with Crippen molar-refractivity contribution in [2.75, 3.05) is 13.7 Å². The smallest absolute Gasteiger partial charge is 0.158 e. The Balaban J connectivity index is 1.92. The molecule has 1 atom stereocenters. The number of benzene rings is 1. The van der Waals surface area contributed by atoms with Gasteiger partial charge in [0.15, 0.2) is 6.29 Å². The van der Waals surface area contributed by atoms with Gasteiger partial charge in [-0.3, -0.25) is 0 Å². The van der Waals surface area contributed by atoms with Crippen LogP contribution in [0.1, 0.15) is 24.8 Å². The highest BCUT2D eigenvalue weighted by atomic mass is 35.5. The molecule has 1 aromatic carbocycles. The van der Waals surface area contributed by atoms with Crippen LogP contribution in [0.4, 0.5) is 0 Å². The number of hydrogen-bond donors (Lipinski definition) is 0. The van der Waals surface area contributed by atoms with E-state index in [-0.39, 0.29) is 6.29 Å². The zero-order chi connectivity index (χ0) is 12.1. The molecule has 1 fully saturated rings. The zero-order valence-corrected chi connectivity index (χ0v) is 10.6. The Labute approximate surface area is 107 Å². The number of methoxy groups -OCH3 is 1. The second-order valence-corrected chi connectivity index (χ2v) is 4.36. The molecule has 1 aliphatic rings. The largest absolute Gasteiger partial charge is 0.497 e. The third-order valence-corrected chi connectivity index (χ3v) is 3.09. The molecule has 0 saturated carbocycles. The van der Waals surface area contributed by atoms with E-state index in [0.29, 0.717) is 11.6 Å². The molecule has 1 radical (unpaired) electrons. The van der Waals surface area contributed by atoms with Gasteiger partial charge in [0.1, 0.15) is 5.75 Å². The summed E-state index contributed by atoms with van der Waals surface area (Å²) in [7, 11) is 1.62. The van der Waals surface area contributed by atoms with E-state index >= 15 is 0 Å². The first-order chi connectivity index (χ1) is 8.29. The van der Waals surface area contributed by atoms with E-state index in [0.717, 1.165) is 37.2 Å². The van der Waals surface area contributed by atoms with Crippen molar-refractivity contribution >= 4 is 11.6 Å². The third-order valence-electron chi connectivity index (χ3n) is 2.74. The molecule has 1 saturated heterocycles.